The molecule has 2 aromatic carbocycles. The molecule has 2 N–H and O–H groups in total. The second-order valence-electron chi connectivity index (χ2n) is 4.74. The molecule has 4 heteroatoms. The first-order valence-electron chi connectivity index (χ1n) is 6.60. The fraction of sp³-hybridized carbons (Fsp3) is 0.0588. The van der Waals surface area contributed by atoms with Crippen molar-refractivity contribution >= 4 is 17.2 Å². The highest BCUT2D eigenvalue weighted by Crippen LogP contribution is 2.24. The van der Waals surface area contributed by atoms with Crippen molar-refractivity contribution in [3.63, 3.8) is 0 Å². The lowest BCUT2D eigenvalue weighted by Crippen LogP contribution is -2.13. The van der Waals surface area contributed by atoms with Gasteiger partial charge in [-0.3, -0.25) is 4.79 Å². The van der Waals surface area contributed by atoms with E-state index in [9.17, 15) is 4.79 Å². The molecule has 0 aliphatic heterocycles. The van der Waals surface area contributed by atoms with E-state index in [1.165, 1.54) is 0 Å². The van der Waals surface area contributed by atoms with Crippen LogP contribution in [0.3, 0.4) is 0 Å². The fourth-order valence-corrected chi connectivity index (χ4v) is 2.95. The van der Waals surface area contributed by atoms with Crippen LogP contribution >= 0.6 is 11.3 Å². The molecule has 1 aromatic heterocycles. The van der Waals surface area contributed by atoms with E-state index < -0.39 is 0 Å². The van der Waals surface area contributed by atoms with Crippen LogP contribution in [0.25, 0.3) is 10.6 Å². The number of nitrogens with zero attached hydrogens (tertiary/aromatic N) is 1. The molecule has 21 heavy (non-hydrogen) atoms. The molecule has 0 spiro atoms. The van der Waals surface area contributed by atoms with Crippen LogP contribution in [-0.2, 0) is 6.42 Å². The van der Waals surface area contributed by atoms with Gasteiger partial charge < -0.3 is 5.73 Å². The minimum atomic E-state index is -0.387. The van der Waals surface area contributed by atoms with E-state index in [1.807, 2.05) is 35.7 Å². The molecule has 0 fully saturated rings. The zero-order valence-corrected chi connectivity index (χ0v) is 12.1. The van der Waals surface area contributed by atoms with Crippen molar-refractivity contribution in [3.8, 4) is 10.6 Å². The number of amides is 1. The van der Waals surface area contributed by atoms with E-state index in [4.69, 9.17) is 5.73 Å². The lowest BCUT2D eigenvalue weighted by molar-refractivity contribution is 0.0999. The second-order valence-corrected chi connectivity index (χ2v) is 5.63. The SMILES string of the molecule is NC(=O)c1ccccc1Cc1cccc(-c2nccs2)c1. The number of benzene rings is 2. The van der Waals surface area contributed by atoms with Crippen molar-refractivity contribution in [3.05, 3.63) is 76.8 Å². The quantitative estimate of drug-likeness (QED) is 0.800. The maximum atomic E-state index is 11.5. The average molecular weight is 294 g/mol. The first-order chi connectivity index (χ1) is 10.2. The lowest BCUT2D eigenvalue weighted by Gasteiger charge is -2.07. The average Bonchev–Trinajstić information content (AvgIpc) is 3.02. The molecule has 0 saturated heterocycles. The summed E-state index contributed by atoms with van der Waals surface area (Å²) < 4.78 is 0. The Morgan fingerprint density at radius 3 is 2.76 bits per heavy atom. The van der Waals surface area contributed by atoms with Crippen molar-refractivity contribution < 1.29 is 4.79 Å². The minimum Gasteiger partial charge on any atom is -0.366 e. The van der Waals surface area contributed by atoms with Crippen LogP contribution in [0, 0.1) is 0 Å². The van der Waals surface area contributed by atoms with E-state index in [-0.39, 0.29) is 5.91 Å². The molecule has 0 aliphatic rings. The summed E-state index contributed by atoms with van der Waals surface area (Å²) in [5.74, 6) is -0.387. The number of hydrogen-bond donors (Lipinski definition) is 1. The van der Waals surface area contributed by atoms with Crippen LogP contribution in [-0.4, -0.2) is 10.9 Å². The Morgan fingerprint density at radius 2 is 2.00 bits per heavy atom. The van der Waals surface area contributed by atoms with Crippen LogP contribution < -0.4 is 5.73 Å². The smallest absolute Gasteiger partial charge is 0.248 e. The molecule has 0 bridgehead atoms. The number of hydrogen-bond acceptors (Lipinski definition) is 3. The molecule has 1 amide bonds. The molecular weight excluding hydrogens is 280 g/mol. The second kappa shape index (κ2) is 5.89. The molecule has 0 unspecified atom stereocenters. The summed E-state index contributed by atoms with van der Waals surface area (Å²) >= 11 is 1.61. The van der Waals surface area contributed by atoms with Crippen LogP contribution in [0.2, 0.25) is 0 Å². The largest absolute Gasteiger partial charge is 0.366 e. The van der Waals surface area contributed by atoms with Gasteiger partial charge in [0.05, 0.1) is 0 Å². The van der Waals surface area contributed by atoms with Crippen LogP contribution in [0.4, 0.5) is 0 Å². The van der Waals surface area contributed by atoms with Gasteiger partial charge in [-0.05, 0) is 29.7 Å². The molecule has 0 aliphatic carbocycles. The Bertz CT molecular complexity index is 766. The Morgan fingerprint density at radius 1 is 1.14 bits per heavy atom. The first-order valence-corrected chi connectivity index (χ1v) is 7.48. The van der Waals surface area contributed by atoms with Crippen molar-refractivity contribution in [1.82, 2.24) is 4.98 Å². The molecule has 0 radical (unpaired) electrons. The summed E-state index contributed by atoms with van der Waals surface area (Å²) in [6, 6.07) is 15.7. The monoisotopic (exact) mass is 294 g/mol. The van der Waals surface area contributed by atoms with Gasteiger partial charge in [-0.2, -0.15) is 0 Å². The topological polar surface area (TPSA) is 56.0 Å². The summed E-state index contributed by atoms with van der Waals surface area (Å²) in [7, 11) is 0. The first kappa shape index (κ1) is 13.5. The van der Waals surface area contributed by atoms with E-state index >= 15 is 0 Å². The van der Waals surface area contributed by atoms with Crippen LogP contribution in [0.5, 0.6) is 0 Å². The van der Waals surface area contributed by atoms with Gasteiger partial charge in [0, 0.05) is 22.7 Å². The summed E-state index contributed by atoms with van der Waals surface area (Å²) in [5.41, 5.74) is 9.19. The number of thiazole rings is 1. The van der Waals surface area contributed by atoms with Crippen molar-refractivity contribution in [2.75, 3.05) is 0 Å². The summed E-state index contributed by atoms with van der Waals surface area (Å²) in [6.07, 6.45) is 2.48. The lowest BCUT2D eigenvalue weighted by atomic mass is 9.98. The van der Waals surface area contributed by atoms with Gasteiger partial charge in [0.15, 0.2) is 0 Å². The maximum absolute atomic E-state index is 11.5. The van der Waals surface area contributed by atoms with Gasteiger partial charge in [-0.25, -0.2) is 4.98 Å². The standard InChI is InChI=1S/C17H14N2OS/c18-16(20)15-7-2-1-5-13(15)10-12-4-3-6-14(11-12)17-19-8-9-21-17/h1-9,11H,10H2,(H2,18,20). The fourth-order valence-electron chi connectivity index (χ4n) is 2.32. The summed E-state index contributed by atoms with van der Waals surface area (Å²) in [4.78, 5) is 15.8. The number of primary amides is 1. The van der Waals surface area contributed by atoms with Gasteiger partial charge in [0.1, 0.15) is 5.01 Å². The van der Waals surface area contributed by atoms with Gasteiger partial charge in [-0.15, -0.1) is 11.3 Å². The van der Waals surface area contributed by atoms with Crippen molar-refractivity contribution in [2.24, 2.45) is 5.73 Å². The molecule has 3 rings (SSSR count). The van der Waals surface area contributed by atoms with Gasteiger partial charge in [0.2, 0.25) is 5.91 Å². The van der Waals surface area contributed by atoms with E-state index in [1.54, 1.807) is 23.6 Å². The third kappa shape index (κ3) is 3.01. The number of nitrogens with two attached hydrogens (primary N) is 1. The van der Waals surface area contributed by atoms with Crippen molar-refractivity contribution in [1.29, 1.82) is 0 Å². The Labute approximate surface area is 127 Å². The zero-order valence-electron chi connectivity index (χ0n) is 11.3. The van der Waals surface area contributed by atoms with E-state index in [0.29, 0.717) is 12.0 Å². The molecule has 3 aromatic rings. The molecule has 0 atom stereocenters. The Kier molecular flexibility index (Phi) is 3.79. The number of rotatable bonds is 4. The van der Waals surface area contributed by atoms with Gasteiger partial charge >= 0.3 is 0 Å². The Balaban J connectivity index is 1.93. The maximum Gasteiger partial charge on any atom is 0.248 e. The Hall–Kier alpha value is -2.46. The van der Waals surface area contributed by atoms with Crippen LogP contribution in [0.15, 0.2) is 60.1 Å². The molecule has 0 saturated carbocycles. The summed E-state index contributed by atoms with van der Waals surface area (Å²) in [5, 5.41) is 2.96. The highest BCUT2D eigenvalue weighted by Gasteiger charge is 2.08. The number of carbonyl (C=O) groups is 1. The van der Waals surface area contributed by atoms with E-state index in [0.717, 1.165) is 21.7 Å². The molecule has 104 valence electrons. The zero-order chi connectivity index (χ0) is 14.7. The molecular formula is C17H14N2OS. The third-order valence-electron chi connectivity index (χ3n) is 3.28. The van der Waals surface area contributed by atoms with Gasteiger partial charge in [-0.1, -0.05) is 36.4 Å². The highest BCUT2D eigenvalue weighted by molar-refractivity contribution is 7.13. The molecule has 3 nitrogen and oxygen atoms in total. The third-order valence-corrected chi connectivity index (χ3v) is 4.11. The van der Waals surface area contributed by atoms with Crippen molar-refractivity contribution in [2.45, 2.75) is 6.42 Å². The molecule has 1 heterocycles. The number of aromatic nitrogens is 1. The highest BCUT2D eigenvalue weighted by atomic mass is 32.1. The minimum absolute atomic E-state index is 0.387. The predicted molar refractivity (Wildman–Crippen MR) is 85.3 cm³/mol. The normalized spacial score (nSPS) is 10.5. The number of carbonyl (C=O) groups excluding carboxylic acids is 1. The van der Waals surface area contributed by atoms with Gasteiger partial charge in [0.25, 0.3) is 0 Å². The predicted octanol–water partition coefficient (Wildman–Crippen LogP) is 3.50. The summed E-state index contributed by atoms with van der Waals surface area (Å²) in [6.45, 7) is 0. The van der Waals surface area contributed by atoms with E-state index in [2.05, 4.69) is 17.1 Å². The van der Waals surface area contributed by atoms with Crippen LogP contribution in [0.1, 0.15) is 21.5 Å².